The van der Waals surface area contributed by atoms with Gasteiger partial charge in [-0.3, -0.25) is 4.79 Å². The van der Waals surface area contributed by atoms with E-state index < -0.39 is 29.4 Å². The maximum atomic E-state index is 13.5. The summed E-state index contributed by atoms with van der Waals surface area (Å²) in [6, 6.07) is 8.18. The number of carbonyl (C=O) groups is 1. The van der Waals surface area contributed by atoms with Gasteiger partial charge in [0.1, 0.15) is 11.4 Å². The van der Waals surface area contributed by atoms with E-state index >= 15 is 0 Å². The van der Waals surface area contributed by atoms with Crippen LogP contribution >= 0.6 is 11.6 Å². The molecular formula is C18H11ClF3N5O3. The number of ether oxygens (including phenoxy) is 1. The van der Waals surface area contributed by atoms with Gasteiger partial charge in [-0.2, -0.15) is 22.7 Å². The molecule has 8 nitrogen and oxygen atoms in total. The van der Waals surface area contributed by atoms with Crippen molar-refractivity contribution in [3.05, 3.63) is 59.2 Å². The maximum Gasteiger partial charge on any atom is 0.433 e. The van der Waals surface area contributed by atoms with Crippen LogP contribution in [0.25, 0.3) is 17.2 Å². The molecule has 0 radical (unpaired) electrons. The van der Waals surface area contributed by atoms with Crippen molar-refractivity contribution in [3.63, 3.8) is 0 Å². The average molecular weight is 438 g/mol. The fraction of sp³-hybridized carbons (Fsp3) is 0.111. The van der Waals surface area contributed by atoms with Gasteiger partial charge in [-0.25, -0.2) is 4.98 Å². The summed E-state index contributed by atoms with van der Waals surface area (Å²) in [7, 11) is 1.43. The fourth-order valence-corrected chi connectivity index (χ4v) is 2.91. The summed E-state index contributed by atoms with van der Waals surface area (Å²) >= 11 is 6.00. The minimum Gasteiger partial charge on any atom is -0.495 e. The molecule has 0 aliphatic carbocycles. The third-order valence-corrected chi connectivity index (χ3v) is 4.28. The smallest absolute Gasteiger partial charge is 0.433 e. The van der Waals surface area contributed by atoms with Gasteiger partial charge < -0.3 is 14.5 Å². The Morgan fingerprint density at radius 2 is 2.03 bits per heavy atom. The Morgan fingerprint density at radius 1 is 1.23 bits per heavy atom. The standard InChI is InChI=1S/C18H11ClF3N5O3/c1-29-12-5-4-9(7-10(12)19)23-16(28)15-25-17-24-11(13-3-2-6-30-13)8-14(18(20,21)22)27(17)26-15/h2-8H,1H3,(H,23,28). The predicted molar refractivity (Wildman–Crippen MR) is 99.4 cm³/mol. The molecule has 154 valence electrons. The summed E-state index contributed by atoms with van der Waals surface area (Å²) < 4.78 is 51.2. The summed E-state index contributed by atoms with van der Waals surface area (Å²) in [5, 5.41) is 6.38. The van der Waals surface area contributed by atoms with E-state index in [0.29, 0.717) is 10.3 Å². The van der Waals surface area contributed by atoms with Crippen molar-refractivity contribution in [3.8, 4) is 17.2 Å². The van der Waals surface area contributed by atoms with Crippen molar-refractivity contribution in [2.75, 3.05) is 12.4 Å². The summed E-state index contributed by atoms with van der Waals surface area (Å²) in [4.78, 5) is 20.3. The molecule has 0 saturated carbocycles. The Labute approximate surface area is 171 Å². The Balaban J connectivity index is 1.73. The highest BCUT2D eigenvalue weighted by Crippen LogP contribution is 2.32. The molecule has 0 spiro atoms. The van der Waals surface area contributed by atoms with Crippen molar-refractivity contribution in [1.82, 2.24) is 19.6 Å². The number of anilines is 1. The molecule has 0 bridgehead atoms. The Kier molecular flexibility index (Phi) is 4.82. The van der Waals surface area contributed by atoms with Gasteiger partial charge >= 0.3 is 6.18 Å². The molecule has 30 heavy (non-hydrogen) atoms. The lowest BCUT2D eigenvalue weighted by Gasteiger charge is -2.09. The molecule has 3 heterocycles. The molecule has 1 N–H and O–H groups in total. The predicted octanol–water partition coefficient (Wildman–Crippen LogP) is 4.32. The number of nitrogens with zero attached hydrogens (tertiary/aromatic N) is 4. The van der Waals surface area contributed by atoms with Crippen LogP contribution in [0.5, 0.6) is 5.75 Å². The van der Waals surface area contributed by atoms with E-state index in [0.717, 1.165) is 6.07 Å². The second-order valence-corrected chi connectivity index (χ2v) is 6.36. The zero-order chi connectivity index (χ0) is 21.5. The molecule has 0 saturated heterocycles. The first-order valence-electron chi connectivity index (χ1n) is 8.30. The van der Waals surface area contributed by atoms with E-state index in [1.54, 1.807) is 0 Å². The highest BCUT2D eigenvalue weighted by molar-refractivity contribution is 6.32. The lowest BCUT2D eigenvalue weighted by Crippen LogP contribution is -2.16. The number of fused-ring (bicyclic) bond motifs is 1. The number of hydrogen-bond acceptors (Lipinski definition) is 6. The third-order valence-electron chi connectivity index (χ3n) is 3.99. The number of furan rings is 1. The van der Waals surface area contributed by atoms with E-state index in [4.69, 9.17) is 20.8 Å². The van der Waals surface area contributed by atoms with Gasteiger partial charge in [-0.15, -0.1) is 5.10 Å². The van der Waals surface area contributed by atoms with Crippen LogP contribution in [0.4, 0.5) is 18.9 Å². The number of hydrogen-bond donors (Lipinski definition) is 1. The van der Waals surface area contributed by atoms with Crippen LogP contribution in [0.3, 0.4) is 0 Å². The van der Waals surface area contributed by atoms with Crippen LogP contribution < -0.4 is 10.1 Å². The summed E-state index contributed by atoms with van der Waals surface area (Å²) in [6.45, 7) is 0. The Morgan fingerprint density at radius 3 is 2.67 bits per heavy atom. The van der Waals surface area contributed by atoms with Crippen LogP contribution in [-0.4, -0.2) is 32.6 Å². The number of alkyl halides is 3. The second kappa shape index (κ2) is 7.34. The van der Waals surface area contributed by atoms with E-state index in [9.17, 15) is 18.0 Å². The van der Waals surface area contributed by atoms with Gasteiger partial charge in [0.15, 0.2) is 11.5 Å². The molecule has 3 aromatic heterocycles. The Bertz CT molecular complexity index is 1240. The molecule has 4 rings (SSSR count). The summed E-state index contributed by atoms with van der Waals surface area (Å²) in [5.41, 5.74) is -0.969. The van der Waals surface area contributed by atoms with Gasteiger partial charge in [0.2, 0.25) is 5.82 Å². The topological polar surface area (TPSA) is 94.5 Å². The number of methoxy groups -OCH3 is 1. The van der Waals surface area contributed by atoms with E-state index in [2.05, 4.69) is 20.4 Å². The number of benzene rings is 1. The molecular weight excluding hydrogens is 427 g/mol. The van der Waals surface area contributed by atoms with Crippen molar-refractivity contribution in [2.24, 2.45) is 0 Å². The minimum atomic E-state index is -4.77. The van der Waals surface area contributed by atoms with Crippen molar-refractivity contribution in [2.45, 2.75) is 6.18 Å². The maximum absolute atomic E-state index is 13.5. The van der Waals surface area contributed by atoms with Crippen LogP contribution in [0.1, 0.15) is 16.3 Å². The summed E-state index contributed by atoms with van der Waals surface area (Å²) in [5.74, 6) is -1.24. The number of amides is 1. The first-order valence-corrected chi connectivity index (χ1v) is 8.68. The van der Waals surface area contributed by atoms with Crippen LogP contribution in [-0.2, 0) is 6.18 Å². The number of halogens is 4. The molecule has 0 fully saturated rings. The van der Waals surface area contributed by atoms with Gasteiger partial charge in [-0.1, -0.05) is 11.6 Å². The molecule has 0 aliphatic rings. The zero-order valence-corrected chi connectivity index (χ0v) is 15.8. The van der Waals surface area contributed by atoms with Gasteiger partial charge in [0, 0.05) is 5.69 Å². The van der Waals surface area contributed by atoms with Crippen molar-refractivity contribution in [1.29, 1.82) is 0 Å². The normalized spacial score (nSPS) is 11.6. The molecule has 0 aliphatic heterocycles. The molecule has 4 aromatic rings. The van der Waals surface area contributed by atoms with Gasteiger partial charge in [0.25, 0.3) is 11.7 Å². The number of carbonyl (C=O) groups excluding carboxylic acids is 1. The van der Waals surface area contributed by atoms with Gasteiger partial charge in [0.05, 0.1) is 18.4 Å². The number of aromatic nitrogens is 4. The molecule has 0 atom stereocenters. The van der Waals surface area contributed by atoms with Crippen molar-refractivity contribution >= 4 is 29.0 Å². The SMILES string of the molecule is COc1ccc(NC(=O)c2nc3nc(-c4ccco4)cc(C(F)(F)F)n3n2)cc1Cl. The second-order valence-electron chi connectivity index (χ2n) is 5.95. The largest absolute Gasteiger partial charge is 0.495 e. The monoisotopic (exact) mass is 437 g/mol. The quantitative estimate of drug-likeness (QED) is 0.511. The van der Waals surface area contributed by atoms with Crippen LogP contribution in [0, 0.1) is 0 Å². The van der Waals surface area contributed by atoms with E-state index in [-0.39, 0.29) is 22.2 Å². The first-order chi connectivity index (χ1) is 14.3. The van der Waals surface area contributed by atoms with E-state index in [1.165, 1.54) is 43.7 Å². The lowest BCUT2D eigenvalue weighted by molar-refractivity contribution is -0.142. The molecule has 12 heteroatoms. The first kappa shape index (κ1) is 19.7. The van der Waals surface area contributed by atoms with Crippen molar-refractivity contribution < 1.29 is 27.1 Å². The zero-order valence-electron chi connectivity index (χ0n) is 15.1. The van der Waals surface area contributed by atoms with Crippen LogP contribution in [0.2, 0.25) is 5.02 Å². The third kappa shape index (κ3) is 3.66. The molecule has 1 aromatic carbocycles. The van der Waals surface area contributed by atoms with E-state index in [1.807, 2.05) is 0 Å². The highest BCUT2D eigenvalue weighted by Gasteiger charge is 2.36. The van der Waals surface area contributed by atoms with Crippen LogP contribution in [0.15, 0.2) is 47.1 Å². The number of rotatable bonds is 4. The minimum absolute atomic E-state index is 0.0962. The average Bonchev–Trinajstić information content (AvgIpc) is 3.36. The molecule has 1 amide bonds. The lowest BCUT2D eigenvalue weighted by atomic mass is 10.2. The fourth-order valence-electron chi connectivity index (χ4n) is 2.65. The number of nitrogens with one attached hydrogen (secondary N) is 1. The molecule has 0 unspecified atom stereocenters. The Hall–Kier alpha value is -3.60. The highest BCUT2D eigenvalue weighted by atomic mass is 35.5. The van der Waals surface area contributed by atoms with Gasteiger partial charge in [-0.05, 0) is 36.4 Å². The summed E-state index contributed by atoms with van der Waals surface area (Å²) in [6.07, 6.45) is -3.47.